The Labute approximate surface area is 261 Å². The number of hydrogen-bond acceptors (Lipinski definition) is 6. The van der Waals surface area contributed by atoms with Crippen molar-refractivity contribution in [1.29, 1.82) is 0 Å². The number of rotatable bonds is 11. The van der Waals surface area contributed by atoms with Crippen LogP contribution >= 0.6 is 0 Å². The minimum absolute atomic E-state index is 0.143. The molecule has 4 rings (SSSR count). The zero-order valence-corrected chi connectivity index (χ0v) is 26.0. The topological polar surface area (TPSA) is 117 Å². The number of halogens is 3. The van der Waals surface area contributed by atoms with Crippen molar-refractivity contribution in [2.75, 3.05) is 31.8 Å². The van der Waals surface area contributed by atoms with Gasteiger partial charge in [-0.05, 0) is 73.7 Å². The number of carbonyl (C=O) groups excluding carboxylic acids is 2. The van der Waals surface area contributed by atoms with E-state index in [9.17, 15) is 26.8 Å². The maximum atomic E-state index is 15.2. The van der Waals surface area contributed by atoms with Crippen molar-refractivity contribution < 1.29 is 35.9 Å². The van der Waals surface area contributed by atoms with Crippen LogP contribution in [0.3, 0.4) is 0 Å². The molecule has 242 valence electrons. The smallest absolute Gasteiger partial charge is 0.407 e. The summed E-state index contributed by atoms with van der Waals surface area (Å²) in [5.41, 5.74) is 0.896. The van der Waals surface area contributed by atoms with Gasteiger partial charge in [0.15, 0.2) is 0 Å². The lowest BCUT2D eigenvalue weighted by atomic mass is 9.84. The maximum absolute atomic E-state index is 15.2. The van der Waals surface area contributed by atoms with Crippen LogP contribution in [-0.2, 0) is 26.0 Å². The first-order valence-corrected chi connectivity index (χ1v) is 16.4. The van der Waals surface area contributed by atoms with Gasteiger partial charge in [-0.25, -0.2) is 26.4 Å². The van der Waals surface area contributed by atoms with Gasteiger partial charge in [0.25, 0.3) is 0 Å². The second-order valence-electron chi connectivity index (χ2n) is 11.1. The third-order valence-corrected chi connectivity index (χ3v) is 9.25. The highest BCUT2D eigenvalue weighted by Crippen LogP contribution is 2.31. The van der Waals surface area contributed by atoms with Crippen LogP contribution in [0, 0.1) is 17.5 Å². The first kappa shape index (κ1) is 33.9. The summed E-state index contributed by atoms with van der Waals surface area (Å²) in [7, 11) is -2.35. The number of carbonyl (C=O) groups is 2. The molecule has 0 spiro atoms. The van der Waals surface area contributed by atoms with Crippen molar-refractivity contribution in [3.63, 3.8) is 0 Å². The molecule has 1 aliphatic rings. The predicted molar refractivity (Wildman–Crippen MR) is 165 cm³/mol. The Morgan fingerprint density at radius 3 is 2.20 bits per heavy atom. The van der Waals surface area contributed by atoms with Crippen LogP contribution in [0.1, 0.15) is 42.4 Å². The fourth-order valence-electron chi connectivity index (χ4n) is 5.94. The summed E-state index contributed by atoms with van der Waals surface area (Å²) in [6, 6.07) is 13.0. The molecule has 0 unspecified atom stereocenters. The van der Waals surface area contributed by atoms with Crippen LogP contribution in [0.4, 0.5) is 23.7 Å². The molecule has 0 aromatic heterocycles. The fourth-order valence-corrected chi connectivity index (χ4v) is 7.39. The molecule has 13 heteroatoms. The Hall–Kier alpha value is -3.94. The molecule has 3 N–H and O–H groups in total. The molecule has 0 saturated carbocycles. The lowest BCUT2D eigenvalue weighted by Gasteiger charge is -2.39. The van der Waals surface area contributed by atoms with Crippen molar-refractivity contribution in [1.82, 2.24) is 14.9 Å². The fraction of sp³-hybridized carbons (Fsp3) is 0.375. The number of ether oxygens (including phenoxy) is 1. The molecule has 45 heavy (non-hydrogen) atoms. The average molecular weight is 647 g/mol. The summed E-state index contributed by atoms with van der Waals surface area (Å²) >= 11 is 0. The van der Waals surface area contributed by atoms with E-state index in [0.29, 0.717) is 25.9 Å². The molecule has 1 heterocycles. The summed E-state index contributed by atoms with van der Waals surface area (Å²) in [6.45, 7) is 2.81. The number of methoxy groups -OCH3 is 1. The number of hydrogen-bond donors (Lipinski definition) is 3. The zero-order valence-electron chi connectivity index (χ0n) is 25.2. The number of alkyl carbamates (subject to hydrolysis) is 1. The van der Waals surface area contributed by atoms with Crippen molar-refractivity contribution in [2.24, 2.45) is 0 Å². The molecule has 1 saturated heterocycles. The normalized spacial score (nSPS) is 17.9. The molecule has 2 amide bonds. The average Bonchev–Trinajstić information content (AvgIpc) is 2.97. The lowest BCUT2D eigenvalue weighted by molar-refractivity contribution is -0.118. The first-order chi connectivity index (χ1) is 21.4. The van der Waals surface area contributed by atoms with Gasteiger partial charge < -0.3 is 20.7 Å². The Morgan fingerprint density at radius 1 is 1.00 bits per heavy atom. The Kier molecular flexibility index (Phi) is 11.2. The van der Waals surface area contributed by atoms with Gasteiger partial charge >= 0.3 is 6.09 Å². The monoisotopic (exact) mass is 646 g/mol. The summed E-state index contributed by atoms with van der Waals surface area (Å²) in [6.07, 6.45) is 1.25. The number of amides is 2. The van der Waals surface area contributed by atoms with Crippen LogP contribution in [0.2, 0.25) is 0 Å². The molecule has 9 nitrogen and oxygen atoms in total. The van der Waals surface area contributed by atoms with Crippen LogP contribution in [0.25, 0.3) is 0 Å². The van der Waals surface area contributed by atoms with Crippen molar-refractivity contribution >= 4 is 27.7 Å². The highest BCUT2D eigenvalue weighted by molar-refractivity contribution is 7.88. The van der Waals surface area contributed by atoms with Crippen molar-refractivity contribution in [3.05, 3.63) is 101 Å². The quantitative estimate of drug-likeness (QED) is 0.282. The van der Waals surface area contributed by atoms with E-state index in [1.807, 2.05) is 6.92 Å². The molecular formula is C32H37F3N4O5S. The van der Waals surface area contributed by atoms with Crippen LogP contribution in [-0.4, -0.2) is 69.3 Å². The van der Waals surface area contributed by atoms with Crippen LogP contribution < -0.4 is 16.0 Å². The molecular weight excluding hydrogens is 609 g/mol. The number of nitrogens with one attached hydrogen (secondary N) is 3. The highest BCUT2D eigenvalue weighted by atomic mass is 32.2. The first-order valence-electron chi connectivity index (χ1n) is 14.5. The van der Waals surface area contributed by atoms with Gasteiger partial charge in [0.05, 0.1) is 13.4 Å². The molecule has 0 radical (unpaired) electrons. The second kappa shape index (κ2) is 14.9. The Bertz CT molecular complexity index is 1580. The van der Waals surface area contributed by atoms with Gasteiger partial charge in [-0.15, -0.1) is 0 Å². The van der Waals surface area contributed by atoms with E-state index in [1.54, 1.807) is 12.1 Å². The summed E-state index contributed by atoms with van der Waals surface area (Å²) in [4.78, 5) is 26.4. The summed E-state index contributed by atoms with van der Waals surface area (Å²) in [5, 5.41) is 8.42. The molecule has 3 aromatic rings. The van der Waals surface area contributed by atoms with E-state index >= 15 is 4.39 Å². The molecule has 0 bridgehead atoms. The maximum Gasteiger partial charge on any atom is 0.407 e. The minimum atomic E-state index is -3.46. The van der Waals surface area contributed by atoms with Gasteiger partial charge in [0, 0.05) is 42.3 Å². The number of sulfonamides is 1. The molecule has 1 fully saturated rings. The van der Waals surface area contributed by atoms with Gasteiger partial charge in [0.2, 0.25) is 15.9 Å². The van der Waals surface area contributed by atoms with E-state index in [0.717, 1.165) is 7.11 Å². The van der Waals surface area contributed by atoms with E-state index in [1.165, 1.54) is 65.2 Å². The van der Waals surface area contributed by atoms with Crippen molar-refractivity contribution in [3.8, 4) is 0 Å². The third kappa shape index (κ3) is 8.62. The van der Waals surface area contributed by atoms with Gasteiger partial charge in [-0.1, -0.05) is 30.3 Å². The van der Waals surface area contributed by atoms with E-state index < -0.39 is 51.4 Å². The number of anilines is 1. The molecule has 3 atom stereocenters. The van der Waals surface area contributed by atoms with E-state index in [4.69, 9.17) is 4.74 Å². The summed E-state index contributed by atoms with van der Waals surface area (Å²) < 4.78 is 75.0. The van der Waals surface area contributed by atoms with E-state index in [-0.39, 0.29) is 40.9 Å². The van der Waals surface area contributed by atoms with Crippen LogP contribution in [0.15, 0.2) is 66.7 Å². The predicted octanol–water partition coefficient (Wildman–Crippen LogP) is 4.54. The number of nitrogens with zero attached hydrogens (tertiary/aromatic N) is 1. The van der Waals surface area contributed by atoms with Crippen LogP contribution in [0.5, 0.6) is 0 Å². The van der Waals surface area contributed by atoms with Gasteiger partial charge in [0.1, 0.15) is 23.5 Å². The molecule has 1 aliphatic heterocycles. The zero-order chi connectivity index (χ0) is 32.7. The second-order valence-corrected chi connectivity index (χ2v) is 13.0. The Balaban J connectivity index is 1.63. The number of benzene rings is 3. The van der Waals surface area contributed by atoms with Gasteiger partial charge in [-0.2, -0.15) is 4.31 Å². The molecule has 0 aliphatic carbocycles. The van der Waals surface area contributed by atoms with E-state index in [2.05, 4.69) is 16.0 Å². The number of piperazine rings is 1. The van der Waals surface area contributed by atoms with Gasteiger partial charge in [-0.3, -0.25) is 4.79 Å². The third-order valence-electron chi connectivity index (χ3n) is 7.83. The SMILES string of the molecule is COC(=O)N[C@H](C(=O)Nc1cccc(F)c1CCC[C@H]1CNC[C@H](C)N1S(C)(=O)=O)C(c1cccc(F)c1)c1cccc(F)c1. The Morgan fingerprint density at radius 2 is 1.62 bits per heavy atom. The highest BCUT2D eigenvalue weighted by Gasteiger charge is 2.35. The summed E-state index contributed by atoms with van der Waals surface area (Å²) in [5.74, 6) is -3.62. The van der Waals surface area contributed by atoms with Crippen molar-refractivity contribution in [2.45, 2.75) is 50.2 Å². The molecule has 3 aromatic carbocycles. The minimum Gasteiger partial charge on any atom is -0.453 e. The standard InChI is InChI=1S/C32H37F3N4O5S/c1-20-18-36-19-25(39(20)45(3,42)43)12-6-13-26-27(35)14-7-15-28(26)37-31(40)30(38-32(41)44-2)29(21-8-4-10-23(33)16-21)22-9-5-11-24(34)17-22/h4-5,7-11,14-17,20,25,29-30,36H,6,12-13,18-19H2,1-3H3,(H,37,40)(H,38,41)/t20-,25-,30-/m0/s1. The largest absolute Gasteiger partial charge is 0.453 e. The lowest BCUT2D eigenvalue weighted by Crippen LogP contribution is -2.57.